The summed E-state index contributed by atoms with van der Waals surface area (Å²) in [5, 5.41) is 11.5. The smallest absolute Gasteiger partial charge is 0.407 e. The first kappa shape index (κ1) is 22.2. The summed E-state index contributed by atoms with van der Waals surface area (Å²) in [5.41, 5.74) is 6.95. The van der Waals surface area contributed by atoms with Crippen LogP contribution in [0.5, 0.6) is 0 Å². The quantitative estimate of drug-likeness (QED) is 0.499. The summed E-state index contributed by atoms with van der Waals surface area (Å²) in [6.07, 6.45) is 3.94. The summed E-state index contributed by atoms with van der Waals surface area (Å²) in [6.45, 7) is 1.40. The molecule has 0 atom stereocenters. The number of hydrogen-bond donors (Lipinski definition) is 1. The predicted molar refractivity (Wildman–Crippen MR) is 132 cm³/mol. The van der Waals surface area contributed by atoms with Crippen molar-refractivity contribution >= 4 is 17.9 Å². The number of carbonyl (C=O) groups is 1. The number of alkyl carbamates (subject to hydrolysis) is 1. The Morgan fingerprint density at radius 3 is 2.30 bits per heavy atom. The highest BCUT2D eigenvalue weighted by Crippen LogP contribution is 2.44. The largest absolute Gasteiger partial charge is 0.449 e. The normalized spacial score (nSPS) is 12.1. The third kappa shape index (κ3) is 5.24. The van der Waals surface area contributed by atoms with Crippen molar-refractivity contribution in [2.24, 2.45) is 0 Å². The van der Waals surface area contributed by atoms with E-state index in [1.165, 1.54) is 22.3 Å². The maximum absolute atomic E-state index is 12.2. The first-order chi connectivity index (χ1) is 16.2. The number of anilines is 1. The molecule has 0 radical (unpaired) electrons. The highest BCUT2D eigenvalue weighted by Gasteiger charge is 2.28. The van der Waals surface area contributed by atoms with Crippen molar-refractivity contribution in [1.29, 1.82) is 5.26 Å². The lowest BCUT2D eigenvalue weighted by Gasteiger charge is -2.17. The van der Waals surface area contributed by atoms with Crippen molar-refractivity contribution in [3.8, 4) is 17.2 Å². The van der Waals surface area contributed by atoms with Gasteiger partial charge in [0.15, 0.2) is 0 Å². The molecule has 166 valence electrons. The lowest BCUT2D eigenvalue weighted by Crippen LogP contribution is -2.26. The van der Waals surface area contributed by atoms with Crippen LogP contribution in [0.4, 0.5) is 10.5 Å². The molecule has 0 aliphatic heterocycles. The van der Waals surface area contributed by atoms with Crippen LogP contribution in [-0.4, -0.2) is 32.8 Å². The van der Waals surface area contributed by atoms with E-state index in [0.717, 1.165) is 11.3 Å². The van der Waals surface area contributed by atoms with Crippen molar-refractivity contribution in [2.75, 3.05) is 31.6 Å². The van der Waals surface area contributed by atoms with Gasteiger partial charge in [0, 0.05) is 31.7 Å². The molecule has 3 aromatic carbocycles. The number of nitrogens with zero attached hydrogens (tertiary/aromatic N) is 2. The molecule has 0 heterocycles. The monoisotopic (exact) mass is 437 g/mol. The van der Waals surface area contributed by atoms with Crippen molar-refractivity contribution in [3.63, 3.8) is 0 Å². The number of rotatable bonds is 8. The molecule has 1 aliphatic carbocycles. The molecule has 0 saturated carbocycles. The number of benzene rings is 3. The highest BCUT2D eigenvalue weighted by molar-refractivity contribution is 5.79. The van der Waals surface area contributed by atoms with Crippen LogP contribution in [0.3, 0.4) is 0 Å². The van der Waals surface area contributed by atoms with Gasteiger partial charge < -0.3 is 15.0 Å². The van der Waals surface area contributed by atoms with Crippen LogP contribution in [-0.2, 0) is 4.74 Å². The average molecular weight is 438 g/mol. The molecule has 0 fully saturated rings. The molecule has 0 saturated heterocycles. The van der Waals surface area contributed by atoms with Crippen molar-refractivity contribution in [1.82, 2.24) is 5.32 Å². The van der Waals surface area contributed by atoms with E-state index >= 15 is 0 Å². The van der Waals surface area contributed by atoms with Crippen molar-refractivity contribution in [2.45, 2.75) is 12.3 Å². The summed E-state index contributed by atoms with van der Waals surface area (Å²) in [7, 11) is 1.97. The van der Waals surface area contributed by atoms with Crippen LogP contribution in [0, 0.1) is 11.3 Å². The summed E-state index contributed by atoms with van der Waals surface area (Å²) in [4.78, 5) is 14.3. The van der Waals surface area contributed by atoms with Gasteiger partial charge in [0.05, 0.1) is 12.5 Å². The topological polar surface area (TPSA) is 65.4 Å². The van der Waals surface area contributed by atoms with Crippen molar-refractivity contribution in [3.05, 3.63) is 95.6 Å². The minimum absolute atomic E-state index is 0.0588. The van der Waals surface area contributed by atoms with Crippen LogP contribution in [0.15, 0.2) is 78.9 Å². The third-order valence-corrected chi connectivity index (χ3v) is 5.91. The molecule has 1 N–H and O–H groups in total. The lowest BCUT2D eigenvalue weighted by molar-refractivity contribution is 0.144. The Morgan fingerprint density at radius 2 is 1.67 bits per heavy atom. The van der Waals surface area contributed by atoms with E-state index in [4.69, 9.17) is 10.00 Å². The molecule has 3 aromatic rings. The predicted octanol–water partition coefficient (Wildman–Crippen LogP) is 5.59. The van der Waals surface area contributed by atoms with Gasteiger partial charge in [0.1, 0.15) is 6.61 Å². The van der Waals surface area contributed by atoms with Gasteiger partial charge in [0.25, 0.3) is 0 Å². The lowest BCUT2D eigenvalue weighted by atomic mass is 9.98. The average Bonchev–Trinajstić information content (AvgIpc) is 3.18. The van der Waals surface area contributed by atoms with Crippen LogP contribution < -0.4 is 10.2 Å². The first-order valence-electron chi connectivity index (χ1n) is 11.1. The second-order valence-corrected chi connectivity index (χ2v) is 8.03. The van der Waals surface area contributed by atoms with Gasteiger partial charge in [-0.25, -0.2) is 4.79 Å². The molecule has 0 unspecified atom stereocenters. The number of nitrogens with one attached hydrogen (secondary N) is 1. The third-order valence-electron chi connectivity index (χ3n) is 5.91. The minimum Gasteiger partial charge on any atom is -0.449 e. The zero-order valence-electron chi connectivity index (χ0n) is 18.7. The summed E-state index contributed by atoms with van der Waals surface area (Å²) in [6, 6.07) is 26.8. The first-order valence-corrected chi connectivity index (χ1v) is 11.1. The van der Waals surface area contributed by atoms with Gasteiger partial charge in [-0.2, -0.15) is 5.26 Å². The second kappa shape index (κ2) is 10.5. The number of carbonyl (C=O) groups excluding carboxylic acids is 1. The molecule has 0 bridgehead atoms. The Bertz CT molecular complexity index is 1130. The minimum atomic E-state index is -0.420. The zero-order valence-corrected chi connectivity index (χ0v) is 18.7. The fourth-order valence-electron chi connectivity index (χ4n) is 4.17. The fourth-order valence-corrected chi connectivity index (χ4v) is 4.17. The van der Waals surface area contributed by atoms with Gasteiger partial charge in [-0.1, -0.05) is 72.8 Å². The second-order valence-electron chi connectivity index (χ2n) is 8.03. The molecule has 5 heteroatoms. The molecule has 0 aromatic heterocycles. The molecule has 4 rings (SSSR count). The van der Waals surface area contributed by atoms with Crippen LogP contribution in [0.1, 0.15) is 29.0 Å². The van der Waals surface area contributed by atoms with Gasteiger partial charge >= 0.3 is 6.09 Å². The van der Waals surface area contributed by atoms with Gasteiger partial charge in [-0.15, -0.1) is 0 Å². The molecular weight excluding hydrogens is 410 g/mol. The van der Waals surface area contributed by atoms with Crippen molar-refractivity contribution < 1.29 is 9.53 Å². The van der Waals surface area contributed by atoms with E-state index in [0.29, 0.717) is 26.1 Å². The molecule has 1 amide bonds. The van der Waals surface area contributed by atoms with E-state index in [2.05, 4.69) is 40.6 Å². The Balaban J connectivity index is 1.26. The molecule has 1 aliphatic rings. The van der Waals surface area contributed by atoms with Crippen LogP contribution in [0.25, 0.3) is 17.2 Å². The van der Waals surface area contributed by atoms with E-state index in [9.17, 15) is 4.79 Å². The summed E-state index contributed by atoms with van der Waals surface area (Å²) >= 11 is 0. The van der Waals surface area contributed by atoms with Crippen LogP contribution in [0.2, 0.25) is 0 Å². The van der Waals surface area contributed by atoms with Gasteiger partial charge in [-0.05, 0) is 39.9 Å². The van der Waals surface area contributed by atoms with E-state index in [1.807, 2.05) is 67.7 Å². The molecule has 33 heavy (non-hydrogen) atoms. The number of amides is 1. The number of ether oxygens (including phenoxy) is 1. The molecule has 5 nitrogen and oxygen atoms in total. The van der Waals surface area contributed by atoms with E-state index in [1.54, 1.807) is 0 Å². The number of hydrogen-bond acceptors (Lipinski definition) is 4. The Labute approximate surface area is 194 Å². The van der Waals surface area contributed by atoms with Gasteiger partial charge in [-0.3, -0.25) is 0 Å². The molecular formula is C28H27N3O2. The summed E-state index contributed by atoms with van der Waals surface area (Å²) < 4.78 is 5.55. The number of fused-ring (bicyclic) bond motifs is 3. The molecule has 0 spiro atoms. The summed E-state index contributed by atoms with van der Waals surface area (Å²) in [5.74, 6) is 0.0588. The SMILES string of the molecule is CN(CCC#N)c1ccc(C=CCNC(=O)OCC2c3ccccc3-c3ccccc32)cc1. The van der Waals surface area contributed by atoms with E-state index in [-0.39, 0.29) is 5.92 Å². The standard InChI is InChI=1S/C28H27N3O2/c1-31(19-7-17-29)22-15-13-21(14-16-22)8-6-18-30-28(32)33-20-27-25-11-4-2-9-23(25)24-10-3-5-12-26(24)27/h2-6,8-16,27H,7,18-20H2,1H3,(H,30,32). The maximum atomic E-state index is 12.2. The Kier molecular flexibility index (Phi) is 7.06. The zero-order chi connectivity index (χ0) is 23.0. The van der Waals surface area contributed by atoms with Crippen LogP contribution >= 0.6 is 0 Å². The number of nitriles is 1. The Hall–Kier alpha value is -4.04. The van der Waals surface area contributed by atoms with E-state index < -0.39 is 6.09 Å². The highest BCUT2D eigenvalue weighted by atomic mass is 16.5. The van der Waals surface area contributed by atoms with Gasteiger partial charge in [0.2, 0.25) is 0 Å². The fraction of sp³-hybridized carbons (Fsp3) is 0.214. The Morgan fingerprint density at radius 1 is 1.03 bits per heavy atom. The maximum Gasteiger partial charge on any atom is 0.407 e.